The topological polar surface area (TPSA) is 59.6 Å². The zero-order valence-corrected chi connectivity index (χ0v) is 11.3. The van der Waals surface area contributed by atoms with Crippen molar-refractivity contribution in [1.29, 1.82) is 0 Å². The van der Waals surface area contributed by atoms with Crippen LogP contribution in [-0.2, 0) is 6.54 Å². The van der Waals surface area contributed by atoms with Crippen LogP contribution in [0.3, 0.4) is 0 Å². The molecule has 18 heavy (non-hydrogen) atoms. The summed E-state index contributed by atoms with van der Waals surface area (Å²) in [5.74, 6) is 5.21. The van der Waals surface area contributed by atoms with Crippen LogP contribution >= 0.6 is 12.2 Å². The Morgan fingerprint density at radius 2 is 1.78 bits per heavy atom. The highest BCUT2D eigenvalue weighted by Crippen LogP contribution is 2.56. The van der Waals surface area contributed by atoms with E-state index in [9.17, 15) is 0 Å². The van der Waals surface area contributed by atoms with Crippen LogP contribution in [0.2, 0.25) is 0 Å². The summed E-state index contributed by atoms with van der Waals surface area (Å²) in [4.78, 5) is 0. The van der Waals surface area contributed by atoms with Crippen LogP contribution in [0.1, 0.15) is 32.1 Å². The Bertz CT molecular complexity index is 489. The number of aromatic amines is 1. The number of nitrogens with one attached hydrogen (secondary N) is 1. The second-order valence-corrected chi connectivity index (χ2v) is 6.98. The van der Waals surface area contributed by atoms with Crippen LogP contribution in [-0.4, -0.2) is 14.8 Å². The van der Waals surface area contributed by atoms with Crippen LogP contribution in [0.15, 0.2) is 0 Å². The maximum absolute atomic E-state index is 5.90. The molecule has 5 rings (SSSR count). The molecule has 4 nitrogen and oxygen atoms in total. The van der Waals surface area contributed by atoms with Crippen molar-refractivity contribution in [3.8, 4) is 0 Å². The monoisotopic (exact) mass is 264 g/mol. The van der Waals surface area contributed by atoms with Crippen molar-refractivity contribution in [2.45, 2.75) is 38.6 Å². The first-order valence-corrected chi connectivity index (χ1v) is 7.52. The molecule has 0 amide bonds. The first-order valence-electron chi connectivity index (χ1n) is 7.11. The van der Waals surface area contributed by atoms with Crippen molar-refractivity contribution in [2.24, 2.45) is 29.6 Å². The summed E-state index contributed by atoms with van der Waals surface area (Å²) in [6, 6.07) is 0. The fourth-order valence-corrected chi connectivity index (χ4v) is 5.27. The lowest BCUT2D eigenvalue weighted by molar-refractivity contribution is -0.0429. The Morgan fingerprint density at radius 1 is 1.17 bits per heavy atom. The summed E-state index contributed by atoms with van der Waals surface area (Å²) >= 11 is 5.27. The predicted octanol–water partition coefficient (Wildman–Crippen LogP) is 2.60. The lowest BCUT2D eigenvalue weighted by atomic mass is 9.52. The van der Waals surface area contributed by atoms with E-state index in [1.807, 2.05) is 4.57 Å². The molecular formula is C13H20N4S. The lowest BCUT2D eigenvalue weighted by Crippen LogP contribution is -2.46. The summed E-state index contributed by atoms with van der Waals surface area (Å²) in [5.41, 5.74) is 5.90. The second kappa shape index (κ2) is 3.83. The van der Waals surface area contributed by atoms with E-state index in [-0.39, 0.29) is 0 Å². The van der Waals surface area contributed by atoms with Gasteiger partial charge in [-0.15, -0.1) is 5.10 Å². The standard InChI is InChI=1S/C13H20N4S/c14-12-15-16-13(18)17(12)6-11-9-2-7-1-8(4-9)5-10(11)3-7/h7-11H,1-6H2,(H2,14,15)(H,16,18). The minimum absolute atomic E-state index is 0.550. The number of anilines is 1. The molecule has 4 bridgehead atoms. The van der Waals surface area contributed by atoms with Gasteiger partial charge in [-0.1, -0.05) is 0 Å². The molecule has 1 aromatic rings. The van der Waals surface area contributed by atoms with Crippen molar-refractivity contribution in [3.05, 3.63) is 4.77 Å². The van der Waals surface area contributed by atoms with Gasteiger partial charge in [-0.3, -0.25) is 4.57 Å². The third-order valence-corrected chi connectivity index (χ3v) is 5.91. The van der Waals surface area contributed by atoms with Gasteiger partial charge in [0.1, 0.15) is 0 Å². The van der Waals surface area contributed by atoms with E-state index >= 15 is 0 Å². The first kappa shape index (κ1) is 11.0. The molecule has 0 atom stereocenters. The number of nitrogens with two attached hydrogens (primary N) is 1. The molecule has 4 fully saturated rings. The summed E-state index contributed by atoms with van der Waals surface area (Å²) in [5, 5.41) is 6.82. The van der Waals surface area contributed by atoms with E-state index < -0.39 is 0 Å². The highest BCUT2D eigenvalue weighted by molar-refractivity contribution is 7.71. The van der Waals surface area contributed by atoms with Gasteiger partial charge in [-0.05, 0) is 73.9 Å². The summed E-state index contributed by atoms with van der Waals surface area (Å²) in [6.45, 7) is 0.982. The fraction of sp³-hybridized carbons (Fsp3) is 0.846. The summed E-state index contributed by atoms with van der Waals surface area (Å²) in [6.07, 6.45) is 7.30. The van der Waals surface area contributed by atoms with E-state index in [4.69, 9.17) is 18.0 Å². The molecule has 0 radical (unpaired) electrons. The molecular weight excluding hydrogens is 244 g/mol. The van der Waals surface area contributed by atoms with Gasteiger partial charge in [0.05, 0.1) is 0 Å². The quantitative estimate of drug-likeness (QED) is 0.807. The molecule has 5 heteroatoms. The molecule has 0 spiro atoms. The Kier molecular flexibility index (Phi) is 2.34. The summed E-state index contributed by atoms with van der Waals surface area (Å²) < 4.78 is 2.68. The van der Waals surface area contributed by atoms with Crippen molar-refractivity contribution in [3.63, 3.8) is 0 Å². The Balaban J connectivity index is 1.61. The number of H-pyrrole nitrogens is 1. The van der Waals surface area contributed by atoms with E-state index in [0.29, 0.717) is 10.7 Å². The van der Waals surface area contributed by atoms with Crippen LogP contribution in [0.25, 0.3) is 0 Å². The van der Waals surface area contributed by atoms with E-state index in [1.54, 1.807) is 0 Å². The van der Waals surface area contributed by atoms with Gasteiger partial charge in [0.25, 0.3) is 0 Å². The Hall–Kier alpha value is -0.840. The molecule has 0 aliphatic heterocycles. The molecule has 4 aliphatic rings. The number of hydrogen-bond donors (Lipinski definition) is 2. The van der Waals surface area contributed by atoms with E-state index in [0.717, 1.165) is 36.1 Å². The second-order valence-electron chi connectivity index (χ2n) is 6.59. The fourth-order valence-electron chi connectivity index (χ4n) is 5.05. The molecule has 3 N–H and O–H groups in total. The minimum Gasteiger partial charge on any atom is -0.368 e. The van der Waals surface area contributed by atoms with Gasteiger partial charge < -0.3 is 5.73 Å². The normalized spacial score (nSPS) is 41.4. The molecule has 0 saturated heterocycles. The van der Waals surface area contributed by atoms with Gasteiger partial charge in [0.2, 0.25) is 5.95 Å². The van der Waals surface area contributed by atoms with Crippen molar-refractivity contribution in [2.75, 3.05) is 5.73 Å². The maximum Gasteiger partial charge on any atom is 0.220 e. The average Bonchev–Trinajstić information content (AvgIpc) is 2.64. The zero-order valence-electron chi connectivity index (χ0n) is 10.5. The van der Waals surface area contributed by atoms with E-state index in [1.165, 1.54) is 32.1 Å². The molecule has 4 saturated carbocycles. The molecule has 0 aromatic carbocycles. The van der Waals surface area contributed by atoms with Crippen LogP contribution in [0.4, 0.5) is 5.95 Å². The highest BCUT2D eigenvalue weighted by atomic mass is 32.1. The van der Waals surface area contributed by atoms with Gasteiger partial charge in [-0.2, -0.15) is 0 Å². The maximum atomic E-state index is 5.90. The van der Waals surface area contributed by atoms with Gasteiger partial charge in [0, 0.05) is 6.54 Å². The minimum atomic E-state index is 0.550. The van der Waals surface area contributed by atoms with Crippen LogP contribution < -0.4 is 5.73 Å². The van der Waals surface area contributed by atoms with Crippen LogP contribution in [0, 0.1) is 34.4 Å². The number of hydrogen-bond acceptors (Lipinski definition) is 3. The SMILES string of the molecule is Nc1n[nH]c(=S)n1CC1C2CC3CC(C2)CC1C3. The van der Waals surface area contributed by atoms with Crippen molar-refractivity contribution >= 4 is 18.2 Å². The average molecular weight is 264 g/mol. The van der Waals surface area contributed by atoms with Gasteiger partial charge >= 0.3 is 0 Å². The number of rotatable bonds is 2. The zero-order chi connectivity index (χ0) is 12.3. The van der Waals surface area contributed by atoms with Gasteiger partial charge in [-0.25, -0.2) is 5.10 Å². The van der Waals surface area contributed by atoms with Crippen molar-refractivity contribution < 1.29 is 0 Å². The molecule has 0 unspecified atom stereocenters. The number of nitrogens with zero attached hydrogens (tertiary/aromatic N) is 2. The first-order chi connectivity index (χ1) is 8.70. The highest BCUT2D eigenvalue weighted by Gasteiger charge is 2.48. The molecule has 4 aliphatic carbocycles. The molecule has 1 aromatic heterocycles. The third kappa shape index (κ3) is 1.56. The third-order valence-electron chi connectivity index (χ3n) is 5.60. The largest absolute Gasteiger partial charge is 0.368 e. The molecule has 1 heterocycles. The smallest absolute Gasteiger partial charge is 0.220 e. The van der Waals surface area contributed by atoms with E-state index in [2.05, 4.69) is 10.2 Å². The summed E-state index contributed by atoms with van der Waals surface area (Å²) in [7, 11) is 0. The van der Waals surface area contributed by atoms with Crippen molar-refractivity contribution in [1.82, 2.24) is 14.8 Å². The Labute approximate surface area is 112 Å². The Morgan fingerprint density at radius 3 is 2.28 bits per heavy atom. The van der Waals surface area contributed by atoms with Gasteiger partial charge in [0.15, 0.2) is 4.77 Å². The molecule has 98 valence electrons. The number of nitrogen functional groups attached to an aromatic ring is 1. The van der Waals surface area contributed by atoms with Crippen LogP contribution in [0.5, 0.6) is 0 Å². The predicted molar refractivity (Wildman–Crippen MR) is 72.4 cm³/mol. The number of aromatic nitrogens is 3. The lowest BCUT2D eigenvalue weighted by Gasteiger charge is -2.54.